The summed E-state index contributed by atoms with van der Waals surface area (Å²) in [6, 6.07) is 1.29. The molecule has 0 saturated heterocycles. The first-order valence-electron chi connectivity index (χ1n) is 15.5. The molecule has 6 aliphatic rings. The van der Waals surface area contributed by atoms with Crippen molar-refractivity contribution in [3.05, 3.63) is 118 Å². The van der Waals surface area contributed by atoms with Crippen LogP contribution in [0.1, 0.15) is 86.8 Å². The Morgan fingerprint density at radius 2 is 1.41 bits per heavy atom. The van der Waals surface area contributed by atoms with E-state index in [1.807, 2.05) is 0 Å². The Balaban J connectivity index is 1.09. The average molecular weight is 515 g/mol. The SMILES string of the molecule is CC1CCCC=C1N(C1C=CC=CC1)C1C=CC(C2=CCC(n3c4c(c5c3C=CCC5)CCC=C4)C=C2)=CC1. The zero-order chi connectivity index (χ0) is 26.2. The molecule has 4 atom stereocenters. The van der Waals surface area contributed by atoms with E-state index in [2.05, 4.69) is 108 Å². The van der Waals surface area contributed by atoms with Crippen LogP contribution < -0.4 is 0 Å². The summed E-state index contributed by atoms with van der Waals surface area (Å²) >= 11 is 0. The lowest BCUT2D eigenvalue weighted by Gasteiger charge is -2.43. The van der Waals surface area contributed by atoms with Gasteiger partial charge in [-0.25, -0.2) is 0 Å². The van der Waals surface area contributed by atoms with Gasteiger partial charge in [0.05, 0.1) is 18.1 Å². The second-order valence-electron chi connectivity index (χ2n) is 12.1. The molecule has 2 heteroatoms. The van der Waals surface area contributed by atoms with E-state index in [1.54, 1.807) is 16.8 Å². The summed E-state index contributed by atoms with van der Waals surface area (Å²) in [5.41, 5.74) is 10.5. The Labute approximate surface area is 234 Å². The molecule has 6 aliphatic carbocycles. The molecule has 4 unspecified atom stereocenters. The molecular formula is C37H42N2. The molecule has 0 fully saturated rings. The van der Waals surface area contributed by atoms with E-state index < -0.39 is 0 Å². The van der Waals surface area contributed by atoms with Crippen molar-refractivity contribution in [2.24, 2.45) is 5.92 Å². The van der Waals surface area contributed by atoms with Crippen LogP contribution in [0.4, 0.5) is 0 Å². The molecule has 0 aromatic carbocycles. The fraction of sp³-hybridized carbons (Fsp3) is 0.405. The third-order valence-electron chi connectivity index (χ3n) is 9.66. The van der Waals surface area contributed by atoms with E-state index in [9.17, 15) is 0 Å². The first kappa shape index (κ1) is 24.8. The molecule has 0 aliphatic heterocycles. The van der Waals surface area contributed by atoms with E-state index in [0.717, 1.165) is 19.3 Å². The first-order valence-corrected chi connectivity index (χ1v) is 15.5. The molecule has 7 rings (SSSR count). The Morgan fingerprint density at radius 3 is 2.03 bits per heavy atom. The lowest BCUT2D eigenvalue weighted by molar-refractivity contribution is 0.210. The summed E-state index contributed by atoms with van der Waals surface area (Å²) in [4.78, 5) is 2.74. The first-order chi connectivity index (χ1) is 19.3. The molecule has 39 heavy (non-hydrogen) atoms. The van der Waals surface area contributed by atoms with Gasteiger partial charge in [-0.15, -0.1) is 0 Å². The Bertz CT molecular complexity index is 1360. The van der Waals surface area contributed by atoms with Gasteiger partial charge in [-0.05, 0) is 105 Å². The van der Waals surface area contributed by atoms with Crippen LogP contribution in [-0.2, 0) is 12.8 Å². The maximum Gasteiger partial charge on any atom is 0.0560 e. The fourth-order valence-corrected chi connectivity index (χ4v) is 7.68. The highest BCUT2D eigenvalue weighted by atomic mass is 15.2. The molecule has 1 aromatic rings. The molecule has 0 spiro atoms. The van der Waals surface area contributed by atoms with Crippen molar-refractivity contribution in [3.8, 4) is 0 Å². The molecule has 200 valence electrons. The van der Waals surface area contributed by atoms with Crippen LogP contribution in [0.5, 0.6) is 0 Å². The minimum Gasteiger partial charge on any atom is -0.361 e. The van der Waals surface area contributed by atoms with Gasteiger partial charge in [0, 0.05) is 17.1 Å². The summed E-state index contributed by atoms with van der Waals surface area (Å²) in [7, 11) is 0. The van der Waals surface area contributed by atoms with Crippen LogP contribution in [0, 0.1) is 5.92 Å². The number of aromatic nitrogens is 1. The molecule has 0 N–H and O–H groups in total. The smallest absolute Gasteiger partial charge is 0.0560 e. The zero-order valence-corrected chi connectivity index (χ0v) is 23.4. The molecule has 0 radical (unpaired) electrons. The predicted molar refractivity (Wildman–Crippen MR) is 165 cm³/mol. The van der Waals surface area contributed by atoms with Crippen LogP contribution in [-0.4, -0.2) is 21.6 Å². The van der Waals surface area contributed by atoms with Gasteiger partial charge in [-0.2, -0.15) is 0 Å². The maximum absolute atomic E-state index is 2.74. The highest BCUT2D eigenvalue weighted by molar-refractivity contribution is 5.67. The molecule has 0 saturated carbocycles. The normalized spacial score (nSPS) is 29.0. The van der Waals surface area contributed by atoms with E-state index in [-0.39, 0.29) is 0 Å². The van der Waals surface area contributed by atoms with Gasteiger partial charge in [0.2, 0.25) is 0 Å². The largest absolute Gasteiger partial charge is 0.361 e. The summed E-state index contributed by atoms with van der Waals surface area (Å²) in [6.45, 7) is 2.42. The third kappa shape index (κ3) is 4.62. The standard InChI is InChI=1S/C37H42N2/c1-27-11-5-8-16-35(27)38(30-12-3-2-4-13-30)31-23-19-28(20-24-31)29-21-25-32(26-22-29)39-36-17-9-6-14-33(36)34-15-7-10-18-37(34)39/h2-4,9-10,12,16-23,25,27,30-32H,5-8,11,13-15,24,26H2,1H3. The number of hydrogen-bond acceptors (Lipinski definition) is 1. The Morgan fingerprint density at radius 1 is 0.692 bits per heavy atom. The van der Waals surface area contributed by atoms with Crippen LogP contribution in [0.2, 0.25) is 0 Å². The number of hydrogen-bond donors (Lipinski definition) is 0. The Kier molecular flexibility index (Phi) is 6.80. The minimum atomic E-state index is 0.402. The number of allylic oxidation sites excluding steroid dienone is 12. The van der Waals surface area contributed by atoms with Gasteiger partial charge < -0.3 is 9.47 Å². The number of rotatable bonds is 5. The summed E-state index contributed by atoms with van der Waals surface area (Å²) < 4.78 is 2.63. The lowest BCUT2D eigenvalue weighted by atomic mass is 9.87. The van der Waals surface area contributed by atoms with E-state index in [4.69, 9.17) is 0 Å². The van der Waals surface area contributed by atoms with Gasteiger partial charge in [0.15, 0.2) is 0 Å². The summed E-state index contributed by atoms with van der Waals surface area (Å²) in [5, 5.41) is 0. The second kappa shape index (κ2) is 10.7. The van der Waals surface area contributed by atoms with Crippen molar-refractivity contribution in [2.45, 2.75) is 89.3 Å². The monoisotopic (exact) mass is 514 g/mol. The minimum absolute atomic E-state index is 0.402. The van der Waals surface area contributed by atoms with E-state index in [0.29, 0.717) is 24.0 Å². The van der Waals surface area contributed by atoms with Crippen LogP contribution in [0.15, 0.2) is 95.8 Å². The summed E-state index contributed by atoms with van der Waals surface area (Å²) in [5.74, 6) is 0.646. The third-order valence-corrected chi connectivity index (χ3v) is 9.66. The van der Waals surface area contributed by atoms with E-state index >= 15 is 0 Å². The quantitative estimate of drug-likeness (QED) is 0.381. The molecule has 0 bridgehead atoms. The molecule has 0 amide bonds. The number of fused-ring (bicyclic) bond motifs is 3. The highest BCUT2D eigenvalue weighted by Gasteiger charge is 2.30. The van der Waals surface area contributed by atoms with Gasteiger partial charge in [0.1, 0.15) is 0 Å². The molecule has 1 aromatic heterocycles. The molecule has 1 heterocycles. The summed E-state index contributed by atoms with van der Waals surface area (Å²) in [6.07, 6.45) is 47.8. The van der Waals surface area contributed by atoms with Crippen molar-refractivity contribution in [1.29, 1.82) is 0 Å². The van der Waals surface area contributed by atoms with Crippen molar-refractivity contribution >= 4 is 12.2 Å². The maximum atomic E-state index is 2.74. The number of nitrogens with zero attached hydrogens (tertiary/aromatic N) is 2. The van der Waals surface area contributed by atoms with Gasteiger partial charge in [-0.3, -0.25) is 0 Å². The fourth-order valence-electron chi connectivity index (χ4n) is 7.68. The van der Waals surface area contributed by atoms with E-state index in [1.165, 1.54) is 67.5 Å². The van der Waals surface area contributed by atoms with Crippen molar-refractivity contribution < 1.29 is 0 Å². The van der Waals surface area contributed by atoms with Gasteiger partial charge in [0.25, 0.3) is 0 Å². The van der Waals surface area contributed by atoms with Crippen molar-refractivity contribution in [3.63, 3.8) is 0 Å². The molecular weight excluding hydrogens is 472 g/mol. The Hall–Kier alpha value is -3.26. The second-order valence-corrected chi connectivity index (χ2v) is 12.1. The van der Waals surface area contributed by atoms with Gasteiger partial charge >= 0.3 is 0 Å². The van der Waals surface area contributed by atoms with Crippen LogP contribution >= 0.6 is 0 Å². The zero-order valence-electron chi connectivity index (χ0n) is 23.4. The van der Waals surface area contributed by atoms with Crippen LogP contribution in [0.25, 0.3) is 12.2 Å². The van der Waals surface area contributed by atoms with Crippen molar-refractivity contribution in [2.75, 3.05) is 0 Å². The van der Waals surface area contributed by atoms with Gasteiger partial charge in [-0.1, -0.05) is 85.9 Å². The lowest BCUT2D eigenvalue weighted by Crippen LogP contribution is -2.43. The highest BCUT2D eigenvalue weighted by Crippen LogP contribution is 2.39. The predicted octanol–water partition coefficient (Wildman–Crippen LogP) is 8.98. The average Bonchev–Trinajstić information content (AvgIpc) is 3.34. The van der Waals surface area contributed by atoms with Crippen molar-refractivity contribution in [1.82, 2.24) is 9.47 Å². The van der Waals surface area contributed by atoms with Crippen LogP contribution in [0.3, 0.4) is 0 Å². The molecule has 2 nitrogen and oxygen atoms in total. The topological polar surface area (TPSA) is 8.17 Å².